The van der Waals surface area contributed by atoms with Crippen LogP contribution in [-0.4, -0.2) is 22.4 Å². The van der Waals surface area contributed by atoms with Crippen LogP contribution in [0.15, 0.2) is 22.8 Å². The van der Waals surface area contributed by atoms with Crippen LogP contribution < -0.4 is 0 Å². The first-order chi connectivity index (χ1) is 10.6. The molecule has 0 aliphatic heterocycles. The average molecular weight is 304 g/mol. The van der Waals surface area contributed by atoms with Crippen LogP contribution in [0, 0.1) is 17.3 Å². The topological polar surface area (TPSA) is 40.5 Å². The lowest BCUT2D eigenvalue weighted by atomic mass is 9.58. The highest BCUT2D eigenvalue weighted by Gasteiger charge is 2.52. The van der Waals surface area contributed by atoms with Gasteiger partial charge in [0.05, 0.1) is 12.2 Å². The maximum absolute atomic E-state index is 10.4. The first kappa shape index (κ1) is 16.3. The van der Waals surface area contributed by atoms with E-state index in [9.17, 15) is 10.2 Å². The van der Waals surface area contributed by atoms with E-state index in [0.29, 0.717) is 11.8 Å². The van der Waals surface area contributed by atoms with E-state index in [1.54, 1.807) is 11.1 Å². The Balaban J connectivity index is 0.000000693. The molecule has 5 unspecified atom stereocenters. The Hall–Kier alpha value is -0.600. The van der Waals surface area contributed by atoms with Crippen LogP contribution in [0.4, 0.5) is 0 Å². The van der Waals surface area contributed by atoms with Crippen molar-refractivity contribution in [3.05, 3.63) is 22.8 Å². The zero-order valence-electron chi connectivity index (χ0n) is 14.4. The second kappa shape index (κ2) is 6.13. The highest BCUT2D eigenvalue weighted by molar-refractivity contribution is 5.44. The number of fused-ring (bicyclic) bond motifs is 4. The summed E-state index contributed by atoms with van der Waals surface area (Å²) in [5, 5.41) is 20.3. The van der Waals surface area contributed by atoms with Gasteiger partial charge in [0.1, 0.15) is 0 Å². The number of aliphatic hydroxyl groups is 2. The lowest BCUT2D eigenvalue weighted by Gasteiger charge is -2.47. The fraction of sp³-hybridized carbons (Fsp3) is 0.800. The van der Waals surface area contributed by atoms with Crippen LogP contribution in [0.1, 0.15) is 72.1 Å². The van der Waals surface area contributed by atoms with Crippen molar-refractivity contribution >= 4 is 0 Å². The Morgan fingerprint density at radius 2 is 1.82 bits per heavy atom. The Kier molecular flexibility index (Phi) is 4.53. The summed E-state index contributed by atoms with van der Waals surface area (Å²) < 4.78 is 0. The minimum atomic E-state index is -0.104. The summed E-state index contributed by atoms with van der Waals surface area (Å²) in [7, 11) is 0. The summed E-state index contributed by atoms with van der Waals surface area (Å²) >= 11 is 0. The minimum absolute atomic E-state index is 0.103. The van der Waals surface area contributed by atoms with Gasteiger partial charge in [0, 0.05) is 5.41 Å². The van der Waals surface area contributed by atoms with Crippen molar-refractivity contribution in [2.24, 2.45) is 17.3 Å². The molecule has 1 saturated carbocycles. The quantitative estimate of drug-likeness (QED) is 0.697. The van der Waals surface area contributed by atoms with Gasteiger partial charge < -0.3 is 10.2 Å². The van der Waals surface area contributed by atoms with Gasteiger partial charge in [-0.2, -0.15) is 0 Å². The van der Waals surface area contributed by atoms with Crippen LogP contribution in [-0.2, 0) is 0 Å². The van der Waals surface area contributed by atoms with E-state index in [1.165, 1.54) is 24.8 Å². The molecule has 4 aliphatic rings. The summed E-state index contributed by atoms with van der Waals surface area (Å²) in [6.45, 7) is 6.30. The van der Waals surface area contributed by atoms with Crippen LogP contribution in [0.5, 0.6) is 0 Å². The fourth-order valence-corrected chi connectivity index (χ4v) is 5.52. The van der Waals surface area contributed by atoms with Gasteiger partial charge in [0.2, 0.25) is 0 Å². The van der Waals surface area contributed by atoms with E-state index in [4.69, 9.17) is 0 Å². The molecule has 2 nitrogen and oxygen atoms in total. The van der Waals surface area contributed by atoms with Gasteiger partial charge in [-0.3, -0.25) is 0 Å². The molecule has 22 heavy (non-hydrogen) atoms. The molecule has 1 fully saturated rings. The van der Waals surface area contributed by atoms with Gasteiger partial charge in [-0.1, -0.05) is 32.4 Å². The maximum atomic E-state index is 10.4. The van der Waals surface area contributed by atoms with Gasteiger partial charge in [-0.25, -0.2) is 0 Å². The predicted molar refractivity (Wildman–Crippen MR) is 90.5 cm³/mol. The summed E-state index contributed by atoms with van der Waals surface area (Å²) in [6, 6.07) is 0. The molecule has 0 saturated heterocycles. The normalized spacial score (nSPS) is 43.4. The van der Waals surface area contributed by atoms with Crippen molar-refractivity contribution in [1.82, 2.24) is 0 Å². The Morgan fingerprint density at radius 1 is 1.05 bits per heavy atom. The number of rotatable bonds is 0. The van der Waals surface area contributed by atoms with Gasteiger partial charge >= 0.3 is 0 Å². The average Bonchev–Trinajstić information content (AvgIpc) is 2.84. The molecule has 0 aromatic carbocycles. The maximum Gasteiger partial charge on any atom is 0.0599 e. The van der Waals surface area contributed by atoms with Gasteiger partial charge in [-0.05, 0) is 74.3 Å². The van der Waals surface area contributed by atoms with Crippen LogP contribution in [0.2, 0.25) is 0 Å². The lowest BCUT2D eigenvalue weighted by Crippen LogP contribution is -2.40. The van der Waals surface area contributed by atoms with Crippen molar-refractivity contribution < 1.29 is 10.2 Å². The number of aliphatic hydroxyl groups excluding tert-OH is 2. The summed E-state index contributed by atoms with van der Waals surface area (Å²) in [4.78, 5) is 0. The minimum Gasteiger partial charge on any atom is -0.393 e. The van der Waals surface area contributed by atoms with Crippen LogP contribution in [0.25, 0.3) is 0 Å². The van der Waals surface area contributed by atoms with Crippen molar-refractivity contribution in [1.29, 1.82) is 0 Å². The Labute approximate surface area is 135 Å². The smallest absolute Gasteiger partial charge is 0.0599 e. The fourth-order valence-electron chi connectivity index (χ4n) is 5.52. The third-order valence-corrected chi connectivity index (χ3v) is 6.75. The largest absolute Gasteiger partial charge is 0.393 e. The van der Waals surface area contributed by atoms with E-state index in [2.05, 4.69) is 13.0 Å². The Bertz CT molecular complexity index is 490. The molecule has 0 radical (unpaired) electrons. The first-order valence-corrected chi connectivity index (χ1v) is 9.37. The third-order valence-electron chi connectivity index (χ3n) is 6.75. The lowest BCUT2D eigenvalue weighted by molar-refractivity contribution is 0.0199. The number of allylic oxidation sites excluding steroid dienone is 3. The van der Waals surface area contributed by atoms with Crippen molar-refractivity contribution in [2.45, 2.75) is 84.3 Å². The van der Waals surface area contributed by atoms with Crippen LogP contribution >= 0.6 is 0 Å². The summed E-state index contributed by atoms with van der Waals surface area (Å²) in [5.74, 6) is 1.36. The van der Waals surface area contributed by atoms with E-state index >= 15 is 0 Å². The van der Waals surface area contributed by atoms with Crippen molar-refractivity contribution in [3.8, 4) is 0 Å². The highest BCUT2D eigenvalue weighted by Crippen LogP contribution is 2.58. The second-order valence-corrected chi connectivity index (χ2v) is 7.69. The van der Waals surface area contributed by atoms with Crippen molar-refractivity contribution in [3.63, 3.8) is 0 Å². The van der Waals surface area contributed by atoms with E-state index in [1.807, 2.05) is 13.8 Å². The zero-order chi connectivity index (χ0) is 15.9. The predicted octanol–water partition coefficient (Wildman–Crippen LogP) is 4.37. The molecule has 4 aliphatic carbocycles. The molecule has 0 aromatic heterocycles. The van der Waals surface area contributed by atoms with Crippen molar-refractivity contribution in [2.75, 3.05) is 0 Å². The number of hydrogen-bond acceptors (Lipinski definition) is 2. The molecule has 0 amide bonds. The van der Waals surface area contributed by atoms with Crippen LogP contribution in [0.3, 0.4) is 0 Å². The SMILES string of the molecule is CC.CC12CC=C3C4=C(CCC3C1CCC2O)CC(O)CC4. The van der Waals surface area contributed by atoms with E-state index < -0.39 is 0 Å². The standard InChI is InChI=1S/C18H26O2.C2H6/c1-18-9-8-14-13-5-3-12(19)10-11(13)2-4-15(14)16(18)6-7-17(18)20;1-2/h8,12,15-17,19-20H,2-7,9-10H2,1H3;1-2H3. The molecule has 0 heterocycles. The van der Waals surface area contributed by atoms with E-state index in [0.717, 1.165) is 32.1 Å². The number of hydrogen-bond donors (Lipinski definition) is 2. The van der Waals surface area contributed by atoms with Gasteiger partial charge in [0.15, 0.2) is 0 Å². The second-order valence-electron chi connectivity index (χ2n) is 7.69. The van der Waals surface area contributed by atoms with Gasteiger partial charge in [-0.15, -0.1) is 0 Å². The Morgan fingerprint density at radius 3 is 2.59 bits per heavy atom. The molecular weight excluding hydrogens is 272 g/mol. The molecule has 0 aromatic rings. The van der Waals surface area contributed by atoms with Gasteiger partial charge in [0.25, 0.3) is 0 Å². The molecule has 0 spiro atoms. The van der Waals surface area contributed by atoms with E-state index in [-0.39, 0.29) is 17.6 Å². The highest BCUT2D eigenvalue weighted by atomic mass is 16.3. The molecule has 2 N–H and O–H groups in total. The molecule has 4 rings (SSSR count). The molecule has 2 heteroatoms. The summed E-state index contributed by atoms with van der Waals surface area (Å²) in [5.41, 5.74) is 4.86. The molecule has 0 bridgehead atoms. The molecule has 124 valence electrons. The monoisotopic (exact) mass is 304 g/mol. The third kappa shape index (κ3) is 2.39. The summed E-state index contributed by atoms with van der Waals surface area (Å²) in [6.07, 6.45) is 10.8. The first-order valence-electron chi connectivity index (χ1n) is 9.37. The zero-order valence-corrected chi connectivity index (χ0v) is 14.4. The molecular formula is C20H32O2. The molecule has 5 atom stereocenters.